The molecule has 0 aliphatic heterocycles. The van der Waals surface area contributed by atoms with E-state index in [2.05, 4.69) is 32.8 Å². The first-order valence-corrected chi connectivity index (χ1v) is 1.76. The van der Waals surface area contributed by atoms with Crippen molar-refractivity contribution < 1.29 is 0 Å². The normalized spacial score (nSPS) is 7.43. The molecule has 1 rings (SSSR count). The molecule has 2 N–H and O–H groups in total. The van der Waals surface area contributed by atoms with E-state index in [0.29, 0.717) is 4.77 Å². The average molecular weight is 139 g/mol. The van der Waals surface area contributed by atoms with E-state index in [1.54, 1.807) is 0 Å². The van der Waals surface area contributed by atoms with Crippen LogP contribution in [0.4, 0.5) is 0 Å². The Morgan fingerprint density at radius 1 is 1.57 bits per heavy atom. The van der Waals surface area contributed by atoms with Gasteiger partial charge in [0.1, 0.15) is 0 Å². The summed E-state index contributed by atoms with van der Waals surface area (Å²) in [4.78, 5) is 0. The summed E-state index contributed by atoms with van der Waals surface area (Å²) in [5.74, 6) is 0. The molecule has 0 radical (unpaired) electrons. The molecule has 0 unspecified atom stereocenters. The van der Waals surface area contributed by atoms with E-state index >= 15 is 0 Å². The van der Waals surface area contributed by atoms with Crippen molar-refractivity contribution >= 4 is 24.6 Å². The molecule has 0 aromatic carbocycles. The van der Waals surface area contributed by atoms with Crippen LogP contribution in [-0.2, 0) is 0 Å². The van der Waals surface area contributed by atoms with E-state index in [1.807, 2.05) is 0 Å². The van der Waals surface area contributed by atoms with Gasteiger partial charge in [0.15, 0.2) is 0 Å². The Labute approximate surface area is 50.7 Å². The van der Waals surface area contributed by atoms with Crippen molar-refractivity contribution in [2.24, 2.45) is 0 Å². The Hall–Kier alpha value is -0.420. The molecule has 1 aromatic heterocycles. The minimum atomic E-state index is 0. The number of hydrogen-bond donors (Lipinski definition) is 2. The van der Waals surface area contributed by atoms with Crippen LogP contribution in [0.25, 0.3) is 0 Å². The van der Waals surface area contributed by atoms with Gasteiger partial charge in [-0.3, -0.25) is 5.10 Å². The fraction of sp³-hybridized carbons (Fsp3) is 0. The lowest BCUT2D eigenvalue weighted by Crippen LogP contribution is -1.64. The highest BCUT2D eigenvalue weighted by Crippen LogP contribution is 1.61. The minimum Gasteiger partial charge on any atom is -0.256 e. The van der Waals surface area contributed by atoms with E-state index in [1.165, 1.54) is 0 Å². The molecule has 7 heavy (non-hydrogen) atoms. The number of aromatic nitrogens is 4. The van der Waals surface area contributed by atoms with Crippen molar-refractivity contribution in [3.63, 3.8) is 0 Å². The summed E-state index contributed by atoms with van der Waals surface area (Å²) in [6.07, 6.45) is 0. The Morgan fingerprint density at radius 2 is 2.29 bits per heavy atom. The predicted octanol–water partition coefficient (Wildman–Crippen LogP) is 0.284. The van der Waals surface area contributed by atoms with Crippen LogP contribution in [0, 0.1) is 4.77 Å². The lowest BCUT2D eigenvalue weighted by atomic mass is 11.4. The first-order valence-electron chi connectivity index (χ1n) is 1.35. The lowest BCUT2D eigenvalue weighted by Gasteiger charge is -1.51. The summed E-state index contributed by atoms with van der Waals surface area (Å²) in [5.41, 5.74) is 0. The number of nitrogens with zero attached hydrogens (tertiary/aromatic N) is 2. The van der Waals surface area contributed by atoms with Gasteiger partial charge in [0.2, 0.25) is 4.77 Å². The molecule has 0 bridgehead atoms. The van der Waals surface area contributed by atoms with Crippen molar-refractivity contribution in [3.8, 4) is 0 Å². The fourth-order valence-electron chi connectivity index (χ4n) is 0.168. The topological polar surface area (TPSA) is 57.4 Å². The van der Waals surface area contributed by atoms with Gasteiger partial charge < -0.3 is 0 Å². The van der Waals surface area contributed by atoms with Crippen molar-refractivity contribution in [1.82, 2.24) is 20.6 Å². The van der Waals surface area contributed by atoms with Crippen LogP contribution in [0.15, 0.2) is 0 Å². The highest BCUT2D eigenvalue weighted by atomic mass is 35.5. The summed E-state index contributed by atoms with van der Waals surface area (Å²) < 4.78 is 0.384. The molecule has 6 heteroatoms. The van der Waals surface area contributed by atoms with Crippen molar-refractivity contribution in [2.45, 2.75) is 0 Å². The third-order valence-corrected chi connectivity index (χ3v) is 0.537. The Balaban J connectivity index is 0.000000360. The number of hydrogen-bond acceptors (Lipinski definition) is 3. The molecule has 40 valence electrons. The molecule has 0 amide bonds. The SMILES string of the molecule is Cl.S=c1nn[nH][nH]1. The monoisotopic (exact) mass is 138 g/mol. The molecular weight excluding hydrogens is 136 g/mol. The molecule has 0 aliphatic carbocycles. The molecule has 0 atom stereocenters. The lowest BCUT2D eigenvalue weighted by molar-refractivity contribution is 0.881. The van der Waals surface area contributed by atoms with E-state index in [4.69, 9.17) is 0 Å². The van der Waals surface area contributed by atoms with Crippen LogP contribution in [-0.4, -0.2) is 20.6 Å². The van der Waals surface area contributed by atoms with Crippen LogP contribution >= 0.6 is 24.6 Å². The first kappa shape index (κ1) is 6.58. The quantitative estimate of drug-likeness (QED) is 0.507. The second-order valence-corrected chi connectivity index (χ2v) is 1.13. The highest BCUT2D eigenvalue weighted by molar-refractivity contribution is 7.71. The van der Waals surface area contributed by atoms with Gasteiger partial charge in [-0.2, -0.15) is 5.21 Å². The molecule has 4 nitrogen and oxygen atoms in total. The predicted molar refractivity (Wildman–Crippen MR) is 28.8 cm³/mol. The largest absolute Gasteiger partial charge is 0.256 e. The summed E-state index contributed by atoms with van der Waals surface area (Å²) >= 11 is 4.48. The van der Waals surface area contributed by atoms with Crippen molar-refractivity contribution in [1.29, 1.82) is 0 Å². The van der Waals surface area contributed by atoms with Crippen LogP contribution in [0.5, 0.6) is 0 Å². The summed E-state index contributed by atoms with van der Waals surface area (Å²) in [5, 5.41) is 11.5. The third kappa shape index (κ3) is 1.65. The standard InChI is InChI=1S/CH2N4S.ClH/c6-1-2-4-5-3-1;/h(H2,2,3,4,5,6);1H. The zero-order valence-electron chi connectivity index (χ0n) is 3.21. The van der Waals surface area contributed by atoms with E-state index in [-0.39, 0.29) is 12.4 Å². The van der Waals surface area contributed by atoms with Crippen LogP contribution < -0.4 is 0 Å². The van der Waals surface area contributed by atoms with E-state index in [0.717, 1.165) is 0 Å². The smallest absolute Gasteiger partial charge is 0.235 e. The minimum absolute atomic E-state index is 0. The average Bonchev–Trinajstić information content (AvgIpc) is 1.86. The maximum absolute atomic E-state index is 4.48. The van der Waals surface area contributed by atoms with E-state index in [9.17, 15) is 0 Å². The van der Waals surface area contributed by atoms with Gasteiger partial charge in [-0.1, -0.05) is 10.3 Å². The van der Waals surface area contributed by atoms with Crippen LogP contribution in [0.1, 0.15) is 0 Å². The molecule has 0 fully saturated rings. The third-order valence-electron chi connectivity index (χ3n) is 0.354. The Morgan fingerprint density at radius 3 is 2.43 bits per heavy atom. The zero-order valence-corrected chi connectivity index (χ0v) is 4.84. The van der Waals surface area contributed by atoms with Gasteiger partial charge in [-0.05, 0) is 12.2 Å². The maximum Gasteiger partial charge on any atom is 0.235 e. The maximum atomic E-state index is 4.48. The van der Waals surface area contributed by atoms with Gasteiger partial charge in [-0.25, -0.2) is 0 Å². The summed E-state index contributed by atoms with van der Waals surface area (Å²) in [6, 6.07) is 0. The number of nitrogens with one attached hydrogen (secondary N) is 2. The van der Waals surface area contributed by atoms with Crippen LogP contribution in [0.2, 0.25) is 0 Å². The molecular formula is CH3ClN4S. The second kappa shape index (κ2) is 2.70. The number of H-pyrrole nitrogens is 2. The molecule has 1 heterocycles. The number of tetrazole rings is 1. The summed E-state index contributed by atoms with van der Waals surface area (Å²) in [7, 11) is 0. The van der Waals surface area contributed by atoms with Crippen molar-refractivity contribution in [2.75, 3.05) is 0 Å². The number of aromatic amines is 2. The molecule has 1 aromatic rings. The number of halogens is 1. The van der Waals surface area contributed by atoms with E-state index < -0.39 is 0 Å². The Kier molecular flexibility index (Phi) is 2.54. The molecule has 0 aliphatic rings. The fourth-order valence-corrected chi connectivity index (χ4v) is 0.255. The molecule has 0 spiro atoms. The van der Waals surface area contributed by atoms with Gasteiger partial charge in [-0.15, -0.1) is 12.4 Å². The van der Waals surface area contributed by atoms with Gasteiger partial charge in [0.25, 0.3) is 0 Å². The van der Waals surface area contributed by atoms with Gasteiger partial charge >= 0.3 is 0 Å². The molecule has 0 saturated heterocycles. The Bertz CT molecular complexity index is 149. The van der Waals surface area contributed by atoms with Gasteiger partial charge in [0.05, 0.1) is 0 Å². The first-order chi connectivity index (χ1) is 2.89. The van der Waals surface area contributed by atoms with Gasteiger partial charge in [0, 0.05) is 0 Å². The van der Waals surface area contributed by atoms with Crippen LogP contribution in [0.3, 0.4) is 0 Å². The summed E-state index contributed by atoms with van der Waals surface area (Å²) in [6.45, 7) is 0. The molecule has 0 saturated carbocycles. The zero-order chi connectivity index (χ0) is 4.41. The second-order valence-electron chi connectivity index (χ2n) is 0.742. The van der Waals surface area contributed by atoms with Crippen molar-refractivity contribution in [3.05, 3.63) is 4.77 Å². The number of rotatable bonds is 0. The highest BCUT2D eigenvalue weighted by Gasteiger charge is 1.68.